The highest BCUT2D eigenvalue weighted by atomic mass is 35.5. The molecule has 2 unspecified atom stereocenters. The summed E-state index contributed by atoms with van der Waals surface area (Å²) in [7, 11) is 0. The highest BCUT2D eigenvalue weighted by Gasteiger charge is 2.27. The van der Waals surface area contributed by atoms with Gasteiger partial charge in [0.05, 0.1) is 17.7 Å². The predicted octanol–water partition coefficient (Wildman–Crippen LogP) is 2.58. The molecule has 3 rings (SSSR count). The number of hydrogen-bond donors (Lipinski definition) is 2. The summed E-state index contributed by atoms with van der Waals surface area (Å²) in [6, 6.07) is 9.85. The topological polar surface area (TPSA) is 63.2 Å². The molecule has 132 valence electrons. The number of hydrogen-bond acceptors (Lipinski definition) is 4. The molecule has 1 amide bonds. The van der Waals surface area contributed by atoms with Crippen molar-refractivity contribution in [3.63, 3.8) is 0 Å². The molecule has 5 nitrogen and oxygen atoms in total. The first-order valence-corrected chi connectivity index (χ1v) is 8.49. The van der Waals surface area contributed by atoms with Gasteiger partial charge in [-0.25, -0.2) is 4.39 Å². The number of nitrogens with zero attached hydrogens (tertiary/aromatic N) is 1. The Morgan fingerprint density at radius 3 is 3.04 bits per heavy atom. The molecule has 0 saturated carbocycles. The van der Waals surface area contributed by atoms with Crippen molar-refractivity contribution in [3.8, 4) is 0 Å². The van der Waals surface area contributed by atoms with Crippen LogP contribution in [0.4, 0.5) is 4.39 Å². The molecule has 1 aliphatic heterocycles. The predicted molar refractivity (Wildman–Crippen MR) is 93.0 cm³/mol. The Morgan fingerprint density at radius 1 is 1.40 bits per heavy atom. The maximum Gasteiger partial charge on any atom is 0.269 e. The molecule has 1 aromatic heterocycles. The van der Waals surface area contributed by atoms with Crippen molar-refractivity contribution < 1.29 is 13.9 Å². The van der Waals surface area contributed by atoms with Gasteiger partial charge in [-0.3, -0.25) is 9.78 Å². The molecule has 0 bridgehead atoms. The fourth-order valence-corrected chi connectivity index (χ4v) is 2.95. The number of aromatic nitrogens is 1. The van der Waals surface area contributed by atoms with Gasteiger partial charge in [-0.1, -0.05) is 23.7 Å². The van der Waals surface area contributed by atoms with E-state index in [-0.39, 0.29) is 23.0 Å². The molecule has 0 aliphatic carbocycles. The Labute approximate surface area is 150 Å². The van der Waals surface area contributed by atoms with E-state index in [0.29, 0.717) is 37.5 Å². The molecule has 2 atom stereocenters. The van der Waals surface area contributed by atoms with E-state index in [9.17, 15) is 9.18 Å². The average molecular weight is 364 g/mol. The Hall–Kier alpha value is -2.02. The quantitative estimate of drug-likeness (QED) is 0.876. The molecule has 25 heavy (non-hydrogen) atoms. The summed E-state index contributed by atoms with van der Waals surface area (Å²) >= 11 is 5.77. The van der Waals surface area contributed by atoms with Crippen LogP contribution >= 0.6 is 11.6 Å². The molecule has 2 N–H and O–H groups in total. The summed E-state index contributed by atoms with van der Waals surface area (Å²) in [5.74, 6) is -0.766. The van der Waals surface area contributed by atoms with Gasteiger partial charge >= 0.3 is 0 Å². The van der Waals surface area contributed by atoms with Crippen molar-refractivity contribution in [2.24, 2.45) is 5.92 Å². The van der Waals surface area contributed by atoms with Gasteiger partial charge in [0.25, 0.3) is 5.91 Å². The number of halogens is 2. The first-order valence-electron chi connectivity index (χ1n) is 8.11. The van der Waals surface area contributed by atoms with Crippen molar-refractivity contribution in [1.82, 2.24) is 15.6 Å². The van der Waals surface area contributed by atoms with E-state index < -0.39 is 5.82 Å². The zero-order chi connectivity index (χ0) is 17.6. The third-order valence-electron chi connectivity index (χ3n) is 4.11. The van der Waals surface area contributed by atoms with Crippen molar-refractivity contribution in [3.05, 3.63) is 64.7 Å². The van der Waals surface area contributed by atoms with E-state index in [1.54, 1.807) is 30.5 Å². The first-order chi connectivity index (χ1) is 12.1. The highest BCUT2D eigenvalue weighted by Crippen LogP contribution is 2.29. The Balaban J connectivity index is 1.72. The first kappa shape index (κ1) is 17.8. The van der Waals surface area contributed by atoms with E-state index in [2.05, 4.69) is 15.6 Å². The lowest BCUT2D eigenvalue weighted by atomic mass is 9.95. The lowest BCUT2D eigenvalue weighted by molar-refractivity contribution is 0.0303. The van der Waals surface area contributed by atoms with Gasteiger partial charge in [0.2, 0.25) is 0 Å². The second-order valence-corrected chi connectivity index (χ2v) is 6.26. The third-order valence-corrected chi connectivity index (χ3v) is 4.41. The third kappa shape index (κ3) is 4.54. The summed E-state index contributed by atoms with van der Waals surface area (Å²) in [5.41, 5.74) is 1.07. The van der Waals surface area contributed by atoms with Crippen LogP contribution in [0.5, 0.6) is 0 Å². The van der Waals surface area contributed by atoms with Gasteiger partial charge in [-0.2, -0.15) is 0 Å². The SMILES string of the molecule is O=C(NCC1CNCCOC1c1ccc(Cl)c(F)c1)c1ccccn1. The molecule has 7 heteroatoms. The maximum atomic E-state index is 13.8. The van der Waals surface area contributed by atoms with Gasteiger partial charge in [-0.15, -0.1) is 0 Å². The number of pyridine rings is 1. The molecular weight excluding hydrogens is 345 g/mol. The molecule has 1 fully saturated rings. The summed E-state index contributed by atoms with van der Waals surface area (Å²) in [6.07, 6.45) is 1.25. The van der Waals surface area contributed by atoms with Crippen LogP contribution in [-0.4, -0.2) is 37.1 Å². The van der Waals surface area contributed by atoms with Crippen LogP contribution in [0, 0.1) is 11.7 Å². The minimum atomic E-state index is -0.476. The van der Waals surface area contributed by atoms with Gasteiger partial charge in [-0.05, 0) is 29.8 Å². The van der Waals surface area contributed by atoms with Gasteiger partial charge in [0.1, 0.15) is 11.5 Å². The summed E-state index contributed by atoms with van der Waals surface area (Å²) in [5, 5.41) is 6.23. The van der Waals surface area contributed by atoms with Crippen molar-refractivity contribution in [2.75, 3.05) is 26.2 Å². The molecule has 2 heterocycles. The molecule has 1 aliphatic rings. The minimum Gasteiger partial charge on any atom is -0.372 e. The Morgan fingerprint density at radius 2 is 2.28 bits per heavy atom. The number of carbonyl (C=O) groups is 1. The minimum absolute atomic E-state index is 0.0456. The van der Waals surface area contributed by atoms with Gasteiger partial charge < -0.3 is 15.4 Å². The van der Waals surface area contributed by atoms with Crippen LogP contribution in [0.15, 0.2) is 42.6 Å². The normalized spacial score (nSPS) is 20.7. The zero-order valence-corrected chi connectivity index (χ0v) is 14.3. The fourth-order valence-electron chi connectivity index (χ4n) is 2.84. The van der Waals surface area contributed by atoms with Crippen LogP contribution in [-0.2, 0) is 4.74 Å². The molecule has 0 spiro atoms. The van der Waals surface area contributed by atoms with Crippen molar-refractivity contribution in [2.45, 2.75) is 6.10 Å². The van der Waals surface area contributed by atoms with Crippen LogP contribution in [0.1, 0.15) is 22.2 Å². The van der Waals surface area contributed by atoms with E-state index in [0.717, 1.165) is 0 Å². The second-order valence-electron chi connectivity index (χ2n) is 5.85. The van der Waals surface area contributed by atoms with Crippen LogP contribution in [0.3, 0.4) is 0 Å². The van der Waals surface area contributed by atoms with Crippen LogP contribution < -0.4 is 10.6 Å². The Kier molecular flexibility index (Phi) is 5.96. The monoisotopic (exact) mass is 363 g/mol. The fraction of sp³-hybridized carbons (Fsp3) is 0.333. The smallest absolute Gasteiger partial charge is 0.269 e. The zero-order valence-electron chi connectivity index (χ0n) is 13.5. The van der Waals surface area contributed by atoms with E-state index >= 15 is 0 Å². The molecule has 1 aromatic carbocycles. The standard InChI is InChI=1S/C18H19ClFN3O2/c19-14-5-4-12(9-15(14)20)17-13(10-21-7-8-25-17)11-23-18(24)16-3-1-2-6-22-16/h1-6,9,13,17,21H,7-8,10-11H2,(H,23,24). The second kappa shape index (κ2) is 8.38. The molecule has 1 saturated heterocycles. The number of carbonyl (C=O) groups excluding carboxylic acids is 1. The number of nitrogens with one attached hydrogen (secondary N) is 2. The van der Waals surface area contributed by atoms with E-state index in [1.807, 2.05) is 0 Å². The Bertz CT molecular complexity index is 730. The van der Waals surface area contributed by atoms with E-state index in [4.69, 9.17) is 16.3 Å². The number of amides is 1. The van der Waals surface area contributed by atoms with E-state index in [1.165, 1.54) is 12.1 Å². The summed E-state index contributed by atoms with van der Waals surface area (Å²) in [4.78, 5) is 16.2. The number of ether oxygens (including phenoxy) is 1. The van der Waals surface area contributed by atoms with Crippen molar-refractivity contribution >= 4 is 17.5 Å². The maximum absolute atomic E-state index is 13.8. The van der Waals surface area contributed by atoms with Gasteiger partial charge in [0.15, 0.2) is 0 Å². The highest BCUT2D eigenvalue weighted by molar-refractivity contribution is 6.30. The van der Waals surface area contributed by atoms with Crippen LogP contribution in [0.25, 0.3) is 0 Å². The molecular formula is C18H19ClFN3O2. The summed E-state index contributed by atoms with van der Waals surface area (Å²) in [6.45, 7) is 2.26. The van der Waals surface area contributed by atoms with Crippen LogP contribution in [0.2, 0.25) is 5.02 Å². The summed E-state index contributed by atoms with van der Waals surface area (Å²) < 4.78 is 19.7. The molecule has 2 aromatic rings. The van der Waals surface area contributed by atoms with Crippen molar-refractivity contribution in [1.29, 1.82) is 0 Å². The number of rotatable bonds is 4. The number of benzene rings is 1. The largest absolute Gasteiger partial charge is 0.372 e. The lowest BCUT2D eigenvalue weighted by Gasteiger charge is -2.25. The molecule has 0 radical (unpaired) electrons. The average Bonchev–Trinajstić information content (AvgIpc) is 2.88. The lowest BCUT2D eigenvalue weighted by Crippen LogP contribution is -2.36. The van der Waals surface area contributed by atoms with Gasteiger partial charge in [0, 0.05) is 31.7 Å².